The van der Waals surface area contributed by atoms with Gasteiger partial charge in [-0.15, -0.1) is 0 Å². The van der Waals surface area contributed by atoms with Gasteiger partial charge in [-0.3, -0.25) is 4.98 Å². The molecule has 11 rings (SSSR count). The Morgan fingerprint density at radius 1 is 0.263 bits per heavy atom. The Morgan fingerprint density at radius 2 is 0.653 bits per heavy atom. The van der Waals surface area contributed by atoms with E-state index in [0.717, 1.165) is 45.0 Å². The smallest absolute Gasteiger partial charge is 0.165 e. The van der Waals surface area contributed by atoms with Gasteiger partial charge in [-0.25, -0.2) is 22.0 Å². The third-order valence-electron chi connectivity index (χ3n) is 13.2. The molecular formula is C84H96Br2F5NO3. The molecule has 0 radical (unpaired) electrons. The summed E-state index contributed by atoms with van der Waals surface area (Å²) in [6.45, 7) is 32.2. The van der Waals surface area contributed by atoms with Crippen molar-refractivity contribution in [3.8, 4) is 17.2 Å². The average molecular weight is 1420 g/mol. The molecule has 0 bridgehead atoms. The van der Waals surface area contributed by atoms with Gasteiger partial charge in [-0.2, -0.15) is 0 Å². The number of halogens is 7. The average Bonchev–Trinajstić information content (AvgIpc) is 1.90. The summed E-state index contributed by atoms with van der Waals surface area (Å²) in [6.07, 6.45) is 1.20. The van der Waals surface area contributed by atoms with Crippen molar-refractivity contribution in [3.63, 3.8) is 0 Å². The molecule has 11 aromatic rings. The van der Waals surface area contributed by atoms with E-state index in [0.29, 0.717) is 5.75 Å². The fraction of sp³-hybridized carbons (Fsp3) is 0.226. The number of aryl methyl sites for hydroxylation is 16. The molecule has 504 valence electrons. The summed E-state index contributed by atoms with van der Waals surface area (Å²) in [5.41, 5.74) is 18.9. The number of rotatable bonds is 3. The molecule has 0 atom stereocenters. The summed E-state index contributed by atoms with van der Waals surface area (Å²) in [7, 11) is 4.80. The largest absolute Gasteiger partial charge is 0.497 e. The first kappa shape index (κ1) is 84.4. The van der Waals surface area contributed by atoms with Crippen molar-refractivity contribution in [1.82, 2.24) is 4.98 Å². The van der Waals surface area contributed by atoms with Crippen molar-refractivity contribution < 1.29 is 36.2 Å². The van der Waals surface area contributed by atoms with E-state index in [9.17, 15) is 22.0 Å². The first-order valence-corrected chi connectivity index (χ1v) is 32.3. The van der Waals surface area contributed by atoms with E-state index in [4.69, 9.17) is 14.2 Å². The number of pyridine rings is 1. The lowest BCUT2D eigenvalue weighted by molar-refractivity contribution is 0.386. The lowest BCUT2D eigenvalue weighted by Gasteiger charge is -2.00. The van der Waals surface area contributed by atoms with Crippen molar-refractivity contribution >= 4 is 31.9 Å². The standard InChI is InChI=1S/C9H12.2C8H9Br.C8H9FO.C8H9F.2C8H10O.2C7H7F.C7H8.C6H6FN/c1-7-4-5-8(2)9(3)6-7;2*1-6-3-4-8(9)7(2)5-6;1-6-3-4-7(9)8(5-6)10-2;1-6-3-4-8(9)7(2)5-6;1-7-3-5-8(9-2)6-4-7;1-7-4-3-5-8(6-7)9-2;1-6-2-4-7(8)5-3-6;1-6-3-2-4-7(8)5-6;1-7-5-3-2-4-6-7;1-5-2-3-6(7)4-8-5/h4-6H,1-3H3;2*3-5H,1-2H3;3-5H,1-2H3;3-5H,1-2H3;2*3-6H,1-2H3;2*2-5H,1H3;2-6H,1H3;2-4H,1H3. The second-order valence-corrected chi connectivity index (χ2v) is 24.1. The summed E-state index contributed by atoms with van der Waals surface area (Å²) < 4.78 is 78.5. The van der Waals surface area contributed by atoms with Crippen LogP contribution in [0.25, 0.3) is 0 Å². The summed E-state index contributed by atoms with van der Waals surface area (Å²) in [5, 5.41) is 0. The van der Waals surface area contributed by atoms with Crippen molar-refractivity contribution in [3.05, 3.63) is 364 Å². The van der Waals surface area contributed by atoms with E-state index >= 15 is 0 Å². The van der Waals surface area contributed by atoms with E-state index in [2.05, 4.69) is 166 Å². The number of hydrogen-bond donors (Lipinski definition) is 0. The lowest BCUT2D eigenvalue weighted by Crippen LogP contribution is -1.87. The zero-order valence-electron chi connectivity index (χ0n) is 58.8. The van der Waals surface area contributed by atoms with Crippen LogP contribution < -0.4 is 14.2 Å². The molecule has 1 aromatic heterocycles. The summed E-state index contributed by atoms with van der Waals surface area (Å²) in [5.74, 6) is 1.10. The highest BCUT2D eigenvalue weighted by Crippen LogP contribution is 2.19. The van der Waals surface area contributed by atoms with Gasteiger partial charge in [0.15, 0.2) is 11.6 Å². The van der Waals surface area contributed by atoms with E-state index in [1.54, 1.807) is 63.6 Å². The second-order valence-electron chi connectivity index (χ2n) is 22.4. The first-order valence-electron chi connectivity index (χ1n) is 30.7. The molecule has 0 aliphatic carbocycles. The summed E-state index contributed by atoms with van der Waals surface area (Å²) in [4.78, 5) is 3.70. The predicted molar refractivity (Wildman–Crippen MR) is 399 cm³/mol. The second kappa shape index (κ2) is 48.1. The number of aromatic nitrogens is 1. The van der Waals surface area contributed by atoms with E-state index in [-0.39, 0.29) is 29.1 Å². The number of benzene rings is 10. The SMILES string of the molecule is COc1cc(C)ccc1F.COc1ccc(C)cc1.COc1cccc(C)c1.Cc1ccc(Br)c(C)c1.Cc1ccc(Br)c(C)c1.Cc1ccc(C)c(C)c1.Cc1ccc(F)c(C)c1.Cc1ccc(F)cc1.Cc1ccc(F)cn1.Cc1cccc(F)c1.Cc1ccccc1. The summed E-state index contributed by atoms with van der Waals surface area (Å²) >= 11 is 6.86. The van der Waals surface area contributed by atoms with Gasteiger partial charge < -0.3 is 14.2 Å². The molecule has 11 heteroatoms. The molecule has 95 heavy (non-hydrogen) atoms. The monoisotopic (exact) mass is 1420 g/mol. The Labute approximate surface area is 582 Å². The topological polar surface area (TPSA) is 40.6 Å². The van der Waals surface area contributed by atoms with Gasteiger partial charge in [0.2, 0.25) is 0 Å². The van der Waals surface area contributed by atoms with Gasteiger partial charge in [0.25, 0.3) is 0 Å². The number of nitrogens with zero attached hydrogens (tertiary/aromatic N) is 1. The zero-order chi connectivity index (χ0) is 71.4. The quantitative estimate of drug-likeness (QED) is 0.165. The Hall–Kier alpha value is -8.64. The Bertz CT molecular complexity index is 3580. The Kier molecular flexibility index (Phi) is 42.7. The molecule has 4 nitrogen and oxygen atoms in total. The van der Waals surface area contributed by atoms with Crippen molar-refractivity contribution in [2.24, 2.45) is 0 Å². The van der Waals surface area contributed by atoms with Crippen LogP contribution in [-0.2, 0) is 0 Å². The Balaban J connectivity index is 0.000000523. The van der Waals surface area contributed by atoms with Crippen LogP contribution in [0.15, 0.2) is 246 Å². The number of hydrogen-bond acceptors (Lipinski definition) is 4. The normalized spacial score (nSPS) is 9.37. The number of ether oxygens (including phenoxy) is 3. The van der Waals surface area contributed by atoms with Gasteiger partial charge in [0.1, 0.15) is 34.8 Å². The zero-order valence-corrected chi connectivity index (χ0v) is 62.0. The number of methoxy groups -OCH3 is 3. The van der Waals surface area contributed by atoms with Crippen LogP contribution in [0.2, 0.25) is 0 Å². The van der Waals surface area contributed by atoms with Crippen LogP contribution in [0, 0.1) is 140 Å². The minimum atomic E-state index is -0.312. The first-order chi connectivity index (χ1) is 44.9. The van der Waals surface area contributed by atoms with E-state index in [1.807, 2.05) is 120 Å². The third kappa shape index (κ3) is 40.9. The highest BCUT2D eigenvalue weighted by Gasteiger charge is 2.00. The van der Waals surface area contributed by atoms with Crippen LogP contribution in [0.4, 0.5) is 22.0 Å². The Morgan fingerprint density at radius 3 is 0.979 bits per heavy atom. The maximum absolute atomic E-state index is 12.6. The van der Waals surface area contributed by atoms with Crippen molar-refractivity contribution in [2.75, 3.05) is 21.3 Å². The van der Waals surface area contributed by atoms with Crippen molar-refractivity contribution in [1.29, 1.82) is 0 Å². The van der Waals surface area contributed by atoms with E-state index < -0.39 is 0 Å². The van der Waals surface area contributed by atoms with Crippen LogP contribution in [-0.4, -0.2) is 26.3 Å². The molecule has 0 N–H and O–H groups in total. The predicted octanol–water partition coefficient (Wildman–Crippen LogP) is 25.1. The molecular weight excluding hydrogens is 1330 g/mol. The maximum atomic E-state index is 12.6. The molecule has 0 fully saturated rings. The molecule has 10 aromatic carbocycles. The molecule has 0 amide bonds. The highest BCUT2D eigenvalue weighted by atomic mass is 79.9. The third-order valence-corrected chi connectivity index (χ3v) is 15.0. The maximum Gasteiger partial charge on any atom is 0.165 e. The van der Waals surface area contributed by atoms with Crippen LogP contribution >= 0.6 is 31.9 Å². The molecule has 0 saturated heterocycles. The highest BCUT2D eigenvalue weighted by molar-refractivity contribution is 9.10. The molecule has 0 aliphatic rings. The molecule has 0 aliphatic heterocycles. The summed E-state index contributed by atoms with van der Waals surface area (Å²) in [6, 6.07) is 71.1. The van der Waals surface area contributed by atoms with Gasteiger partial charge in [-0.05, 0) is 246 Å². The van der Waals surface area contributed by atoms with E-state index in [1.165, 1.54) is 120 Å². The fourth-order valence-corrected chi connectivity index (χ4v) is 8.08. The fourth-order valence-electron chi connectivity index (χ4n) is 7.58. The molecule has 0 spiro atoms. The van der Waals surface area contributed by atoms with Crippen molar-refractivity contribution in [2.45, 2.75) is 111 Å². The van der Waals surface area contributed by atoms with Gasteiger partial charge in [-0.1, -0.05) is 210 Å². The van der Waals surface area contributed by atoms with Crippen LogP contribution in [0.5, 0.6) is 17.2 Å². The van der Waals surface area contributed by atoms with Gasteiger partial charge in [0.05, 0.1) is 27.5 Å². The minimum Gasteiger partial charge on any atom is -0.497 e. The van der Waals surface area contributed by atoms with Gasteiger partial charge >= 0.3 is 0 Å². The molecule has 1 heterocycles. The van der Waals surface area contributed by atoms with Gasteiger partial charge in [0, 0.05) is 14.6 Å². The molecule has 0 unspecified atom stereocenters. The van der Waals surface area contributed by atoms with Crippen LogP contribution in [0.1, 0.15) is 89.1 Å². The lowest BCUT2D eigenvalue weighted by atomic mass is 10.1. The molecule has 0 saturated carbocycles. The minimum absolute atomic E-state index is 0.124. The van der Waals surface area contributed by atoms with Crippen LogP contribution in [0.3, 0.4) is 0 Å².